The van der Waals surface area contributed by atoms with Gasteiger partial charge in [-0.05, 0) is 37.3 Å². The zero-order chi connectivity index (χ0) is 26.5. The zero-order valence-corrected chi connectivity index (χ0v) is 23.2. The lowest BCUT2D eigenvalue weighted by Gasteiger charge is -2.36. The van der Waals surface area contributed by atoms with E-state index in [1.807, 2.05) is 73.4 Å². The summed E-state index contributed by atoms with van der Waals surface area (Å²) < 4.78 is 5.60. The van der Waals surface area contributed by atoms with Crippen molar-refractivity contribution in [3.05, 3.63) is 64.2 Å². The van der Waals surface area contributed by atoms with E-state index in [-0.39, 0.29) is 17.9 Å². The number of thiazole rings is 1. The van der Waals surface area contributed by atoms with Crippen LogP contribution in [-0.4, -0.2) is 71.5 Å². The van der Waals surface area contributed by atoms with E-state index >= 15 is 0 Å². The van der Waals surface area contributed by atoms with Gasteiger partial charge in [-0.1, -0.05) is 48.0 Å². The molecular formula is C28H31N5O3S2. The van der Waals surface area contributed by atoms with Crippen molar-refractivity contribution < 1.29 is 14.1 Å². The molecule has 0 saturated carbocycles. The number of rotatable bonds is 9. The molecule has 0 spiro atoms. The van der Waals surface area contributed by atoms with E-state index in [9.17, 15) is 9.59 Å². The van der Waals surface area contributed by atoms with Gasteiger partial charge in [-0.2, -0.15) is 0 Å². The van der Waals surface area contributed by atoms with Gasteiger partial charge in [0, 0.05) is 44.2 Å². The second-order valence-corrected chi connectivity index (χ2v) is 11.3. The molecule has 3 aromatic heterocycles. The molecule has 4 heterocycles. The lowest BCUT2D eigenvalue weighted by Crippen LogP contribution is -2.49. The molecule has 2 amide bonds. The van der Waals surface area contributed by atoms with Crippen LogP contribution in [0.25, 0.3) is 22.7 Å². The van der Waals surface area contributed by atoms with Gasteiger partial charge in [0.05, 0.1) is 10.9 Å². The first kappa shape index (κ1) is 26.3. The molecule has 0 aliphatic carbocycles. The first-order valence-corrected chi connectivity index (χ1v) is 14.6. The maximum atomic E-state index is 13.5. The fraction of sp³-hybridized carbons (Fsp3) is 0.357. The van der Waals surface area contributed by atoms with Crippen LogP contribution in [0.15, 0.2) is 63.8 Å². The quantitative estimate of drug-likeness (QED) is 0.274. The van der Waals surface area contributed by atoms with Gasteiger partial charge in [0.25, 0.3) is 5.91 Å². The van der Waals surface area contributed by atoms with Crippen molar-refractivity contribution >= 4 is 39.6 Å². The number of hydrogen-bond acceptors (Lipinski definition) is 8. The van der Waals surface area contributed by atoms with E-state index in [2.05, 4.69) is 10.1 Å². The van der Waals surface area contributed by atoms with Crippen molar-refractivity contribution in [3.8, 4) is 22.7 Å². The molecule has 1 saturated heterocycles. The summed E-state index contributed by atoms with van der Waals surface area (Å²) >= 11 is 2.84. The van der Waals surface area contributed by atoms with E-state index in [0.717, 1.165) is 50.0 Å². The molecule has 4 aromatic rings. The third kappa shape index (κ3) is 5.87. The molecule has 10 heteroatoms. The minimum Gasteiger partial charge on any atom is -0.354 e. The summed E-state index contributed by atoms with van der Waals surface area (Å²) in [7, 11) is 3.63. The molecule has 1 atom stereocenters. The Morgan fingerprint density at radius 3 is 2.68 bits per heavy atom. The normalized spacial score (nSPS) is 15.9. The third-order valence-electron chi connectivity index (χ3n) is 6.70. The molecule has 1 aliphatic rings. The van der Waals surface area contributed by atoms with Gasteiger partial charge in [-0.15, -0.1) is 22.7 Å². The Morgan fingerprint density at radius 2 is 1.92 bits per heavy atom. The van der Waals surface area contributed by atoms with Crippen LogP contribution in [0.5, 0.6) is 0 Å². The Kier molecular flexibility index (Phi) is 8.31. The van der Waals surface area contributed by atoms with Gasteiger partial charge in [-0.25, -0.2) is 4.98 Å². The Hall–Kier alpha value is -3.34. The number of benzene rings is 1. The molecule has 198 valence electrons. The average Bonchev–Trinajstić information content (AvgIpc) is 3.73. The maximum absolute atomic E-state index is 13.5. The summed E-state index contributed by atoms with van der Waals surface area (Å²) in [5.74, 6) is 0.652. The lowest BCUT2D eigenvalue weighted by molar-refractivity contribution is -0.135. The summed E-state index contributed by atoms with van der Waals surface area (Å²) in [5, 5.41) is 8.63. The minimum atomic E-state index is -0.0862. The minimum absolute atomic E-state index is 0.0667. The largest absolute Gasteiger partial charge is 0.354 e. The Morgan fingerprint density at radius 1 is 1.08 bits per heavy atom. The van der Waals surface area contributed by atoms with Gasteiger partial charge in [0.2, 0.25) is 5.91 Å². The van der Waals surface area contributed by atoms with Gasteiger partial charge in [0.1, 0.15) is 11.4 Å². The van der Waals surface area contributed by atoms with Crippen molar-refractivity contribution in [1.82, 2.24) is 19.9 Å². The monoisotopic (exact) mass is 549 g/mol. The molecule has 5 rings (SSSR count). The van der Waals surface area contributed by atoms with Crippen LogP contribution in [0, 0.1) is 0 Å². The van der Waals surface area contributed by atoms with Gasteiger partial charge in [-0.3, -0.25) is 19.4 Å². The summed E-state index contributed by atoms with van der Waals surface area (Å²) in [6.07, 6.45) is 3.78. The standard InChI is InChI=1S/C28H31N5O3S2/c1-31(2)26(34)23-12-6-7-14-32(23)15-9-16-33(27(35)25-13-8-17-37-25)28-29-22(19-38-28)24-18-21(30-36-24)20-10-4-3-5-11-20/h3-5,8,10-11,13,17-19,23H,6-7,9,12,14-16H2,1-2H3. The number of carbonyl (C=O) groups is 2. The molecule has 0 N–H and O–H groups in total. The second-order valence-electron chi connectivity index (χ2n) is 9.53. The summed E-state index contributed by atoms with van der Waals surface area (Å²) in [6, 6.07) is 15.4. The number of amides is 2. The highest BCUT2D eigenvalue weighted by Crippen LogP contribution is 2.31. The molecule has 1 fully saturated rings. The van der Waals surface area contributed by atoms with E-state index in [1.165, 1.54) is 22.7 Å². The number of thiophene rings is 1. The van der Waals surface area contributed by atoms with Crippen LogP contribution in [0.3, 0.4) is 0 Å². The van der Waals surface area contributed by atoms with Crippen LogP contribution in [0.2, 0.25) is 0 Å². The number of carbonyl (C=O) groups excluding carboxylic acids is 2. The molecule has 1 aromatic carbocycles. The number of hydrogen-bond donors (Lipinski definition) is 0. The summed E-state index contributed by atoms with van der Waals surface area (Å²) in [6.45, 7) is 2.16. The van der Waals surface area contributed by atoms with E-state index < -0.39 is 0 Å². The van der Waals surface area contributed by atoms with Gasteiger partial charge in [0.15, 0.2) is 10.9 Å². The van der Waals surface area contributed by atoms with Crippen molar-refractivity contribution in [3.63, 3.8) is 0 Å². The highest BCUT2D eigenvalue weighted by atomic mass is 32.1. The van der Waals surface area contributed by atoms with E-state index in [4.69, 9.17) is 9.51 Å². The van der Waals surface area contributed by atoms with Crippen LogP contribution in [0.4, 0.5) is 5.13 Å². The molecule has 8 nitrogen and oxygen atoms in total. The molecule has 38 heavy (non-hydrogen) atoms. The molecule has 1 aliphatic heterocycles. The lowest BCUT2D eigenvalue weighted by atomic mass is 10.0. The molecule has 0 radical (unpaired) electrons. The van der Waals surface area contributed by atoms with Gasteiger partial charge >= 0.3 is 0 Å². The second kappa shape index (κ2) is 12.0. The average molecular weight is 550 g/mol. The number of aromatic nitrogens is 2. The van der Waals surface area contributed by atoms with Crippen molar-refractivity contribution in [2.45, 2.75) is 31.7 Å². The number of likely N-dealkylation sites (N-methyl/N-ethyl adjacent to an activating group) is 1. The highest BCUT2D eigenvalue weighted by Gasteiger charge is 2.30. The van der Waals surface area contributed by atoms with Gasteiger partial charge < -0.3 is 9.42 Å². The topological polar surface area (TPSA) is 82.8 Å². The Bertz CT molecular complexity index is 1350. The Labute approximate surface area is 230 Å². The number of anilines is 1. The molecule has 0 bridgehead atoms. The Balaban J connectivity index is 1.32. The smallest absolute Gasteiger partial charge is 0.270 e. The number of piperidine rings is 1. The predicted octanol–water partition coefficient (Wildman–Crippen LogP) is 5.51. The van der Waals surface area contributed by atoms with E-state index in [0.29, 0.717) is 28.0 Å². The van der Waals surface area contributed by atoms with Crippen molar-refractivity contribution in [2.24, 2.45) is 0 Å². The molecule has 1 unspecified atom stereocenters. The predicted molar refractivity (Wildman–Crippen MR) is 152 cm³/mol. The summed E-state index contributed by atoms with van der Waals surface area (Å²) in [4.78, 5) is 37.3. The van der Waals surface area contributed by atoms with Crippen LogP contribution in [0.1, 0.15) is 35.4 Å². The SMILES string of the molecule is CN(C)C(=O)C1CCCCN1CCCN(C(=O)c1cccs1)c1nc(-c2cc(-c3ccccc3)no2)cs1. The fourth-order valence-corrected chi connectivity index (χ4v) is 6.24. The van der Waals surface area contributed by atoms with Crippen LogP contribution >= 0.6 is 22.7 Å². The third-order valence-corrected chi connectivity index (χ3v) is 8.42. The first-order valence-electron chi connectivity index (χ1n) is 12.8. The maximum Gasteiger partial charge on any atom is 0.270 e. The number of nitrogens with zero attached hydrogens (tertiary/aromatic N) is 5. The summed E-state index contributed by atoms with van der Waals surface area (Å²) in [5.41, 5.74) is 2.36. The fourth-order valence-electron chi connectivity index (χ4n) is 4.73. The van der Waals surface area contributed by atoms with Crippen molar-refractivity contribution in [2.75, 3.05) is 38.6 Å². The number of likely N-dealkylation sites (tertiary alicyclic amines) is 1. The van der Waals surface area contributed by atoms with Crippen LogP contribution < -0.4 is 4.90 Å². The highest BCUT2D eigenvalue weighted by molar-refractivity contribution is 7.14. The van der Waals surface area contributed by atoms with E-state index in [1.54, 1.807) is 9.80 Å². The molecular weight excluding hydrogens is 518 g/mol. The van der Waals surface area contributed by atoms with Crippen LogP contribution in [-0.2, 0) is 4.79 Å². The first-order chi connectivity index (χ1) is 18.5. The zero-order valence-electron chi connectivity index (χ0n) is 21.6. The van der Waals surface area contributed by atoms with Crippen molar-refractivity contribution in [1.29, 1.82) is 0 Å².